The van der Waals surface area contributed by atoms with E-state index in [1.165, 1.54) is 7.05 Å². The third-order valence-corrected chi connectivity index (χ3v) is 1.63. The molecule has 0 rings (SSSR count). The topological polar surface area (TPSA) is 39.1 Å². The molecule has 0 amide bonds. The van der Waals surface area contributed by atoms with Gasteiger partial charge in [0.15, 0.2) is 0 Å². The van der Waals surface area contributed by atoms with Crippen LogP contribution in [0.15, 0.2) is 0 Å². The Morgan fingerprint density at radius 1 is 1.40 bits per heavy atom. The Morgan fingerprint density at radius 2 is 1.93 bits per heavy atom. The number of hydrogen-bond acceptors (Lipinski definition) is 3. The van der Waals surface area contributed by atoms with Gasteiger partial charge < -0.3 is 0 Å². The van der Waals surface area contributed by atoms with Crippen molar-refractivity contribution in [3.8, 4) is 6.07 Å². The summed E-state index contributed by atoms with van der Waals surface area (Å²) in [5.41, 5.74) is 0. The minimum absolute atomic E-state index is 0.0637. The number of halogens is 3. The van der Waals surface area contributed by atoms with Crippen LogP contribution in [-0.2, 0) is 0 Å². The standard InChI is InChI=1S/C9H16F3N3/c1-7(2)14-8(4-13)5-15(3)6-9(10,11)12/h7-8,14H,5-6H2,1-3H3. The van der Waals surface area contributed by atoms with Gasteiger partial charge in [0.2, 0.25) is 0 Å². The number of alkyl halides is 3. The third-order valence-electron chi connectivity index (χ3n) is 1.63. The maximum Gasteiger partial charge on any atom is 0.401 e. The first kappa shape index (κ1) is 14.2. The second kappa shape index (κ2) is 5.93. The largest absolute Gasteiger partial charge is 0.401 e. The molecule has 0 aliphatic heterocycles. The molecule has 15 heavy (non-hydrogen) atoms. The zero-order valence-corrected chi connectivity index (χ0v) is 9.10. The van der Waals surface area contributed by atoms with Gasteiger partial charge in [-0.1, -0.05) is 0 Å². The number of rotatable bonds is 5. The molecular formula is C9H16F3N3. The number of nitrogens with zero attached hydrogens (tertiary/aromatic N) is 2. The van der Waals surface area contributed by atoms with Gasteiger partial charge >= 0.3 is 6.18 Å². The molecule has 88 valence electrons. The SMILES string of the molecule is CC(C)NC(C#N)CN(C)CC(F)(F)F. The summed E-state index contributed by atoms with van der Waals surface area (Å²) in [5, 5.41) is 11.6. The highest BCUT2D eigenvalue weighted by Crippen LogP contribution is 2.15. The molecule has 0 radical (unpaired) electrons. The van der Waals surface area contributed by atoms with E-state index in [2.05, 4.69) is 5.32 Å². The predicted molar refractivity (Wildman–Crippen MR) is 51.2 cm³/mol. The van der Waals surface area contributed by atoms with Gasteiger partial charge in [0, 0.05) is 12.6 Å². The van der Waals surface area contributed by atoms with Crippen LogP contribution < -0.4 is 5.32 Å². The third kappa shape index (κ3) is 8.21. The number of nitriles is 1. The minimum Gasteiger partial charge on any atom is -0.299 e. The van der Waals surface area contributed by atoms with Gasteiger partial charge in [-0.3, -0.25) is 10.2 Å². The van der Waals surface area contributed by atoms with Gasteiger partial charge in [0.25, 0.3) is 0 Å². The Bertz CT molecular complexity index is 220. The average molecular weight is 223 g/mol. The fraction of sp³-hybridized carbons (Fsp3) is 0.889. The Labute approximate surface area is 87.9 Å². The maximum absolute atomic E-state index is 12.0. The summed E-state index contributed by atoms with van der Waals surface area (Å²) in [5.74, 6) is 0. The highest BCUT2D eigenvalue weighted by molar-refractivity contribution is 4.92. The molecular weight excluding hydrogens is 207 g/mol. The Balaban J connectivity index is 4.03. The van der Waals surface area contributed by atoms with Crippen LogP contribution in [0.4, 0.5) is 13.2 Å². The molecule has 0 aromatic rings. The smallest absolute Gasteiger partial charge is 0.299 e. The molecule has 1 unspecified atom stereocenters. The summed E-state index contributed by atoms with van der Waals surface area (Å²) >= 11 is 0. The van der Waals surface area contributed by atoms with Gasteiger partial charge in [-0.15, -0.1) is 0 Å². The lowest BCUT2D eigenvalue weighted by Gasteiger charge is -2.22. The second-order valence-corrected chi connectivity index (χ2v) is 3.81. The highest BCUT2D eigenvalue weighted by atomic mass is 19.4. The van der Waals surface area contributed by atoms with Crippen LogP contribution in [0, 0.1) is 11.3 Å². The molecule has 3 nitrogen and oxygen atoms in total. The molecule has 0 fully saturated rings. The van der Waals surface area contributed by atoms with Crippen molar-refractivity contribution in [1.29, 1.82) is 5.26 Å². The van der Waals surface area contributed by atoms with E-state index in [0.717, 1.165) is 4.90 Å². The first-order valence-corrected chi connectivity index (χ1v) is 4.65. The highest BCUT2D eigenvalue weighted by Gasteiger charge is 2.29. The molecule has 0 aromatic carbocycles. The van der Waals surface area contributed by atoms with E-state index in [1.54, 1.807) is 0 Å². The molecule has 0 heterocycles. The van der Waals surface area contributed by atoms with E-state index in [9.17, 15) is 13.2 Å². The molecule has 0 aromatic heterocycles. The van der Waals surface area contributed by atoms with E-state index in [4.69, 9.17) is 5.26 Å². The van der Waals surface area contributed by atoms with E-state index < -0.39 is 18.8 Å². The van der Waals surface area contributed by atoms with Crippen molar-refractivity contribution in [3.63, 3.8) is 0 Å². The summed E-state index contributed by atoms with van der Waals surface area (Å²) < 4.78 is 35.9. The monoisotopic (exact) mass is 223 g/mol. The number of likely N-dealkylation sites (N-methyl/N-ethyl adjacent to an activating group) is 1. The second-order valence-electron chi connectivity index (χ2n) is 3.81. The van der Waals surface area contributed by atoms with Gasteiger partial charge in [0.05, 0.1) is 12.6 Å². The molecule has 0 bridgehead atoms. The van der Waals surface area contributed by atoms with Crippen LogP contribution in [-0.4, -0.2) is 43.3 Å². The normalized spacial score (nSPS) is 14.3. The average Bonchev–Trinajstić information content (AvgIpc) is 1.98. The van der Waals surface area contributed by atoms with Crippen molar-refractivity contribution in [3.05, 3.63) is 0 Å². The van der Waals surface area contributed by atoms with Crippen molar-refractivity contribution in [2.24, 2.45) is 0 Å². The molecule has 0 saturated heterocycles. The lowest BCUT2D eigenvalue weighted by atomic mass is 10.2. The first-order valence-electron chi connectivity index (χ1n) is 4.65. The van der Waals surface area contributed by atoms with Gasteiger partial charge in [-0.05, 0) is 20.9 Å². The number of nitrogens with one attached hydrogen (secondary N) is 1. The Hall–Kier alpha value is -0.800. The summed E-state index contributed by atoms with van der Waals surface area (Å²) in [6.07, 6.45) is -4.22. The van der Waals surface area contributed by atoms with Crippen molar-refractivity contribution < 1.29 is 13.2 Å². The Morgan fingerprint density at radius 3 is 2.27 bits per heavy atom. The minimum atomic E-state index is -4.22. The van der Waals surface area contributed by atoms with Crippen LogP contribution in [0.2, 0.25) is 0 Å². The molecule has 0 saturated carbocycles. The van der Waals surface area contributed by atoms with E-state index in [0.29, 0.717) is 0 Å². The van der Waals surface area contributed by atoms with E-state index >= 15 is 0 Å². The fourth-order valence-corrected chi connectivity index (χ4v) is 1.22. The Kier molecular flexibility index (Phi) is 5.61. The van der Waals surface area contributed by atoms with E-state index in [1.807, 2.05) is 19.9 Å². The summed E-state index contributed by atoms with van der Waals surface area (Å²) in [6.45, 7) is 2.75. The maximum atomic E-state index is 12.0. The van der Waals surface area contributed by atoms with Crippen LogP contribution in [0.3, 0.4) is 0 Å². The zero-order valence-electron chi connectivity index (χ0n) is 9.10. The van der Waals surface area contributed by atoms with Crippen LogP contribution >= 0.6 is 0 Å². The summed E-state index contributed by atoms with van der Waals surface area (Å²) in [6, 6.07) is 1.44. The lowest BCUT2D eigenvalue weighted by Crippen LogP contribution is -2.44. The van der Waals surface area contributed by atoms with E-state index in [-0.39, 0.29) is 12.6 Å². The van der Waals surface area contributed by atoms with Gasteiger partial charge in [-0.2, -0.15) is 18.4 Å². The van der Waals surface area contributed by atoms with Crippen molar-refractivity contribution in [2.45, 2.75) is 32.1 Å². The zero-order chi connectivity index (χ0) is 12.1. The van der Waals surface area contributed by atoms with Gasteiger partial charge in [0.1, 0.15) is 6.04 Å². The first-order chi connectivity index (χ1) is 6.74. The van der Waals surface area contributed by atoms with Crippen molar-refractivity contribution >= 4 is 0 Å². The van der Waals surface area contributed by atoms with Crippen molar-refractivity contribution in [1.82, 2.24) is 10.2 Å². The van der Waals surface area contributed by atoms with Crippen LogP contribution in [0.25, 0.3) is 0 Å². The van der Waals surface area contributed by atoms with Crippen LogP contribution in [0.5, 0.6) is 0 Å². The van der Waals surface area contributed by atoms with Crippen LogP contribution in [0.1, 0.15) is 13.8 Å². The molecule has 1 N–H and O–H groups in total. The molecule has 1 atom stereocenters. The molecule has 0 spiro atoms. The summed E-state index contributed by atoms with van der Waals surface area (Å²) in [4.78, 5) is 1.09. The summed E-state index contributed by atoms with van der Waals surface area (Å²) in [7, 11) is 1.35. The quantitative estimate of drug-likeness (QED) is 0.765. The lowest BCUT2D eigenvalue weighted by molar-refractivity contribution is -0.143. The fourth-order valence-electron chi connectivity index (χ4n) is 1.22. The molecule has 6 heteroatoms. The molecule has 0 aliphatic rings. The predicted octanol–water partition coefficient (Wildman–Crippen LogP) is 1.37. The van der Waals surface area contributed by atoms with Gasteiger partial charge in [-0.25, -0.2) is 0 Å². The number of hydrogen-bond donors (Lipinski definition) is 1. The molecule has 0 aliphatic carbocycles. The van der Waals surface area contributed by atoms with Crippen molar-refractivity contribution in [2.75, 3.05) is 20.1 Å².